The van der Waals surface area contributed by atoms with Crippen LogP contribution in [0.15, 0.2) is 51.5 Å². The van der Waals surface area contributed by atoms with Gasteiger partial charge in [0.1, 0.15) is 23.5 Å². The van der Waals surface area contributed by atoms with E-state index in [0.717, 1.165) is 28.5 Å². The van der Waals surface area contributed by atoms with Gasteiger partial charge in [0.05, 0.1) is 6.54 Å². The van der Waals surface area contributed by atoms with E-state index in [-0.39, 0.29) is 0 Å². The number of aryl methyl sites for hydroxylation is 2. The van der Waals surface area contributed by atoms with Gasteiger partial charge in [-0.3, -0.25) is 0 Å². The maximum Gasteiger partial charge on any atom is 0.191 e. The summed E-state index contributed by atoms with van der Waals surface area (Å²) in [6.45, 7) is 4.46. The highest BCUT2D eigenvalue weighted by Gasteiger charge is 2.03. The third-order valence-corrected chi connectivity index (χ3v) is 3.06. The average Bonchev–Trinajstić information content (AvgIpc) is 3.06. The first kappa shape index (κ1) is 12.5. The lowest BCUT2D eigenvalue weighted by Gasteiger charge is -2.05. The largest absolute Gasteiger partial charge is 0.465 e. The summed E-state index contributed by atoms with van der Waals surface area (Å²) in [6, 6.07) is 12.0. The summed E-state index contributed by atoms with van der Waals surface area (Å²) in [7, 11) is 0. The van der Waals surface area contributed by atoms with Crippen LogP contribution in [-0.2, 0) is 6.54 Å². The van der Waals surface area contributed by atoms with Crippen LogP contribution in [0.25, 0.3) is 11.3 Å². The van der Waals surface area contributed by atoms with Gasteiger partial charge in [0.2, 0.25) is 0 Å². The molecule has 0 saturated heterocycles. The molecule has 2 aromatic heterocycles. The minimum atomic E-state index is 0.676. The zero-order valence-electron chi connectivity index (χ0n) is 11.5. The molecule has 0 amide bonds. The maximum atomic E-state index is 5.52. The third-order valence-electron chi connectivity index (χ3n) is 3.06. The van der Waals surface area contributed by atoms with E-state index in [2.05, 4.69) is 10.3 Å². The van der Waals surface area contributed by atoms with Gasteiger partial charge in [-0.05, 0) is 31.2 Å². The smallest absolute Gasteiger partial charge is 0.191 e. The Morgan fingerprint density at radius 2 is 1.85 bits per heavy atom. The maximum absolute atomic E-state index is 5.52. The third kappa shape index (κ3) is 2.74. The molecular formula is C16H16N2O2. The molecule has 20 heavy (non-hydrogen) atoms. The SMILES string of the molecule is Cc1ccc(CNc2ccc(-c3coc(C)n3)cc2)o1. The predicted molar refractivity (Wildman–Crippen MR) is 77.4 cm³/mol. The van der Waals surface area contributed by atoms with Crippen LogP contribution in [0, 0.1) is 13.8 Å². The number of benzene rings is 1. The van der Waals surface area contributed by atoms with E-state index in [1.807, 2.05) is 50.2 Å². The molecule has 0 aliphatic heterocycles. The number of oxazole rings is 1. The number of hydrogen-bond donors (Lipinski definition) is 1. The van der Waals surface area contributed by atoms with Crippen LogP contribution < -0.4 is 5.32 Å². The lowest BCUT2D eigenvalue weighted by atomic mass is 10.1. The van der Waals surface area contributed by atoms with Gasteiger partial charge in [-0.2, -0.15) is 0 Å². The quantitative estimate of drug-likeness (QED) is 0.771. The molecule has 2 heterocycles. The van der Waals surface area contributed by atoms with Gasteiger partial charge in [0.25, 0.3) is 0 Å². The minimum Gasteiger partial charge on any atom is -0.465 e. The molecule has 0 atom stereocenters. The molecule has 0 radical (unpaired) electrons. The van der Waals surface area contributed by atoms with Crippen LogP contribution in [-0.4, -0.2) is 4.98 Å². The normalized spacial score (nSPS) is 10.7. The van der Waals surface area contributed by atoms with Gasteiger partial charge in [-0.25, -0.2) is 4.98 Å². The van der Waals surface area contributed by atoms with Gasteiger partial charge < -0.3 is 14.2 Å². The molecule has 4 nitrogen and oxygen atoms in total. The van der Waals surface area contributed by atoms with E-state index >= 15 is 0 Å². The van der Waals surface area contributed by atoms with Crippen LogP contribution in [0.1, 0.15) is 17.4 Å². The second-order valence-electron chi connectivity index (χ2n) is 4.70. The van der Waals surface area contributed by atoms with E-state index in [9.17, 15) is 0 Å². The van der Waals surface area contributed by atoms with Crippen molar-refractivity contribution in [3.8, 4) is 11.3 Å². The monoisotopic (exact) mass is 268 g/mol. The minimum absolute atomic E-state index is 0.676. The summed E-state index contributed by atoms with van der Waals surface area (Å²) in [5.74, 6) is 2.53. The molecule has 3 rings (SSSR count). The van der Waals surface area contributed by atoms with Gasteiger partial charge >= 0.3 is 0 Å². The number of anilines is 1. The van der Waals surface area contributed by atoms with E-state index in [1.54, 1.807) is 6.26 Å². The fourth-order valence-electron chi connectivity index (χ4n) is 2.02. The summed E-state index contributed by atoms with van der Waals surface area (Å²) in [6.07, 6.45) is 1.67. The summed E-state index contributed by atoms with van der Waals surface area (Å²) < 4.78 is 10.7. The summed E-state index contributed by atoms with van der Waals surface area (Å²) >= 11 is 0. The van der Waals surface area contributed by atoms with Crippen LogP contribution >= 0.6 is 0 Å². The molecule has 0 aliphatic carbocycles. The molecular weight excluding hydrogens is 252 g/mol. The zero-order chi connectivity index (χ0) is 13.9. The average molecular weight is 268 g/mol. The van der Waals surface area contributed by atoms with Crippen molar-refractivity contribution in [2.24, 2.45) is 0 Å². The van der Waals surface area contributed by atoms with Crippen molar-refractivity contribution in [2.75, 3.05) is 5.32 Å². The Bertz CT molecular complexity index is 695. The van der Waals surface area contributed by atoms with E-state index < -0.39 is 0 Å². The van der Waals surface area contributed by atoms with Gasteiger partial charge in [-0.1, -0.05) is 12.1 Å². The first-order valence-corrected chi connectivity index (χ1v) is 6.52. The highest BCUT2D eigenvalue weighted by Crippen LogP contribution is 2.21. The lowest BCUT2D eigenvalue weighted by Crippen LogP contribution is -1.97. The predicted octanol–water partition coefficient (Wildman–Crippen LogP) is 4.16. The van der Waals surface area contributed by atoms with Crippen LogP contribution in [0.4, 0.5) is 5.69 Å². The van der Waals surface area contributed by atoms with Gasteiger partial charge in [0.15, 0.2) is 5.89 Å². The highest BCUT2D eigenvalue weighted by atomic mass is 16.3. The summed E-state index contributed by atoms with van der Waals surface area (Å²) in [4.78, 5) is 4.30. The van der Waals surface area contributed by atoms with Gasteiger partial charge in [-0.15, -0.1) is 0 Å². The van der Waals surface area contributed by atoms with Crippen molar-refractivity contribution in [1.82, 2.24) is 4.98 Å². The lowest BCUT2D eigenvalue weighted by molar-refractivity contribution is 0.490. The highest BCUT2D eigenvalue weighted by molar-refractivity contribution is 5.61. The fourth-order valence-corrected chi connectivity index (χ4v) is 2.02. The van der Waals surface area contributed by atoms with Crippen LogP contribution in [0.2, 0.25) is 0 Å². The Morgan fingerprint density at radius 3 is 2.45 bits per heavy atom. The number of hydrogen-bond acceptors (Lipinski definition) is 4. The molecule has 1 N–H and O–H groups in total. The Hall–Kier alpha value is -2.49. The number of rotatable bonds is 4. The van der Waals surface area contributed by atoms with Crippen molar-refractivity contribution >= 4 is 5.69 Å². The van der Waals surface area contributed by atoms with Crippen molar-refractivity contribution in [2.45, 2.75) is 20.4 Å². The van der Waals surface area contributed by atoms with E-state index in [1.165, 1.54) is 0 Å². The second kappa shape index (κ2) is 5.25. The number of nitrogens with one attached hydrogen (secondary N) is 1. The van der Waals surface area contributed by atoms with E-state index in [0.29, 0.717) is 12.4 Å². The molecule has 1 aromatic carbocycles. The van der Waals surface area contributed by atoms with Gasteiger partial charge in [0, 0.05) is 18.2 Å². The number of aromatic nitrogens is 1. The van der Waals surface area contributed by atoms with Crippen molar-refractivity contribution < 1.29 is 8.83 Å². The topological polar surface area (TPSA) is 51.2 Å². The molecule has 0 fully saturated rings. The fraction of sp³-hybridized carbons (Fsp3) is 0.188. The first-order chi connectivity index (χ1) is 9.70. The molecule has 0 saturated carbocycles. The zero-order valence-corrected chi connectivity index (χ0v) is 11.5. The number of nitrogens with zero attached hydrogens (tertiary/aromatic N) is 1. The molecule has 4 heteroatoms. The van der Waals surface area contributed by atoms with Crippen molar-refractivity contribution in [1.29, 1.82) is 0 Å². The summed E-state index contributed by atoms with van der Waals surface area (Å²) in [5.41, 5.74) is 2.94. The Kier molecular flexibility index (Phi) is 3.29. The Labute approximate surface area is 117 Å². The molecule has 0 bridgehead atoms. The molecule has 0 unspecified atom stereocenters. The molecule has 0 spiro atoms. The molecule has 3 aromatic rings. The Morgan fingerprint density at radius 1 is 1.05 bits per heavy atom. The van der Waals surface area contributed by atoms with Crippen LogP contribution in [0.5, 0.6) is 0 Å². The van der Waals surface area contributed by atoms with Crippen molar-refractivity contribution in [3.63, 3.8) is 0 Å². The standard InChI is InChI=1S/C16H16N2O2/c1-11-3-8-15(20-11)9-17-14-6-4-13(5-7-14)16-10-19-12(2)18-16/h3-8,10,17H,9H2,1-2H3. The second-order valence-corrected chi connectivity index (χ2v) is 4.70. The summed E-state index contributed by atoms with van der Waals surface area (Å²) in [5, 5.41) is 3.32. The Balaban J connectivity index is 1.67. The first-order valence-electron chi connectivity index (χ1n) is 6.52. The van der Waals surface area contributed by atoms with Crippen LogP contribution in [0.3, 0.4) is 0 Å². The molecule has 102 valence electrons. The number of furan rings is 1. The van der Waals surface area contributed by atoms with E-state index in [4.69, 9.17) is 8.83 Å². The molecule has 0 aliphatic rings. The van der Waals surface area contributed by atoms with Crippen molar-refractivity contribution in [3.05, 3.63) is 60.1 Å².